The van der Waals surface area contributed by atoms with Crippen LogP contribution >= 0.6 is 0 Å². The van der Waals surface area contributed by atoms with Crippen LogP contribution in [0.4, 0.5) is 5.69 Å². The average Bonchev–Trinajstić information content (AvgIpc) is 3.28. The van der Waals surface area contributed by atoms with Crippen molar-refractivity contribution < 1.29 is 14.3 Å². The van der Waals surface area contributed by atoms with E-state index in [0.29, 0.717) is 23.7 Å². The number of rotatable bonds is 9. The van der Waals surface area contributed by atoms with E-state index in [2.05, 4.69) is 5.32 Å². The molecule has 34 heavy (non-hydrogen) atoms. The fourth-order valence-electron chi connectivity index (χ4n) is 3.76. The Morgan fingerprint density at radius 1 is 0.971 bits per heavy atom. The Hall–Kier alpha value is -4.10. The van der Waals surface area contributed by atoms with Crippen LogP contribution in [0.5, 0.6) is 11.5 Å². The Labute approximate surface area is 199 Å². The van der Waals surface area contributed by atoms with Crippen LogP contribution in [0.15, 0.2) is 85.1 Å². The van der Waals surface area contributed by atoms with Crippen molar-refractivity contribution >= 4 is 11.6 Å². The van der Waals surface area contributed by atoms with Crippen LogP contribution in [0.25, 0.3) is 16.9 Å². The van der Waals surface area contributed by atoms with E-state index in [1.807, 2.05) is 83.5 Å². The first-order valence-electron chi connectivity index (χ1n) is 11.0. The van der Waals surface area contributed by atoms with Gasteiger partial charge in [-0.3, -0.25) is 9.69 Å². The summed E-state index contributed by atoms with van der Waals surface area (Å²) in [6, 6.07) is 25.4. The number of likely N-dealkylation sites (N-methyl/N-ethyl adjacent to an activating group) is 1. The first-order chi connectivity index (χ1) is 16.6. The average molecular weight is 457 g/mol. The van der Waals surface area contributed by atoms with Crippen molar-refractivity contribution in [1.82, 2.24) is 14.7 Å². The molecule has 7 heteroatoms. The van der Waals surface area contributed by atoms with Crippen LogP contribution in [0.1, 0.15) is 5.56 Å². The number of hydrogen-bond donors (Lipinski definition) is 1. The maximum Gasteiger partial charge on any atom is 0.238 e. The molecule has 4 aromatic rings. The third-order valence-corrected chi connectivity index (χ3v) is 5.39. The second-order valence-electron chi connectivity index (χ2n) is 7.94. The number of benzene rings is 3. The van der Waals surface area contributed by atoms with Crippen LogP contribution in [0.2, 0.25) is 0 Å². The summed E-state index contributed by atoms with van der Waals surface area (Å²) in [4.78, 5) is 14.7. The number of aromatic nitrogens is 2. The Morgan fingerprint density at radius 3 is 2.35 bits per heavy atom. The van der Waals surface area contributed by atoms with Crippen molar-refractivity contribution in [2.45, 2.75) is 6.54 Å². The first-order valence-corrected chi connectivity index (χ1v) is 11.0. The number of nitrogens with zero attached hydrogens (tertiary/aromatic N) is 3. The Morgan fingerprint density at radius 2 is 1.68 bits per heavy atom. The highest BCUT2D eigenvalue weighted by atomic mass is 16.5. The van der Waals surface area contributed by atoms with Crippen LogP contribution in [0, 0.1) is 0 Å². The zero-order chi connectivity index (χ0) is 23.9. The van der Waals surface area contributed by atoms with Crippen molar-refractivity contribution in [3.63, 3.8) is 0 Å². The van der Waals surface area contributed by atoms with Crippen molar-refractivity contribution in [3.05, 3.63) is 90.6 Å². The topological polar surface area (TPSA) is 68.6 Å². The number of carbonyl (C=O) groups excluding carboxylic acids is 1. The number of hydrogen-bond acceptors (Lipinski definition) is 5. The van der Waals surface area contributed by atoms with E-state index < -0.39 is 0 Å². The van der Waals surface area contributed by atoms with E-state index in [-0.39, 0.29) is 12.5 Å². The summed E-state index contributed by atoms with van der Waals surface area (Å²) in [5, 5.41) is 7.78. The van der Waals surface area contributed by atoms with Gasteiger partial charge in [-0.15, -0.1) is 0 Å². The summed E-state index contributed by atoms with van der Waals surface area (Å²) in [7, 11) is 5.07. The fourth-order valence-corrected chi connectivity index (χ4v) is 3.76. The molecule has 0 aliphatic heterocycles. The van der Waals surface area contributed by atoms with Gasteiger partial charge in [-0.2, -0.15) is 5.10 Å². The third-order valence-electron chi connectivity index (χ3n) is 5.39. The van der Waals surface area contributed by atoms with E-state index in [0.717, 1.165) is 22.5 Å². The quantitative estimate of drug-likeness (QED) is 0.398. The monoisotopic (exact) mass is 456 g/mol. The largest absolute Gasteiger partial charge is 0.497 e. The molecule has 4 rings (SSSR count). The standard InChI is InChI=1S/C27H28N4O3/c1-30(19-26(32)28-24-15-14-23(33-2)16-25(24)34-3)17-21-18-31(22-12-8-5-9-13-22)29-27(21)20-10-6-4-7-11-20/h4-16,18H,17,19H2,1-3H3,(H,28,32). The lowest BCUT2D eigenvalue weighted by molar-refractivity contribution is -0.117. The second kappa shape index (κ2) is 10.7. The first kappa shape index (κ1) is 23.1. The molecule has 0 radical (unpaired) electrons. The lowest BCUT2D eigenvalue weighted by Crippen LogP contribution is -2.30. The molecular formula is C27H28N4O3. The van der Waals surface area contributed by atoms with Gasteiger partial charge in [0.05, 0.1) is 37.8 Å². The smallest absolute Gasteiger partial charge is 0.238 e. The van der Waals surface area contributed by atoms with Crippen LogP contribution in [-0.2, 0) is 11.3 Å². The summed E-state index contributed by atoms with van der Waals surface area (Å²) in [6.45, 7) is 0.768. The van der Waals surface area contributed by atoms with Gasteiger partial charge in [0.1, 0.15) is 11.5 Å². The Balaban J connectivity index is 1.50. The molecule has 7 nitrogen and oxygen atoms in total. The Bertz CT molecular complexity index is 1240. The minimum atomic E-state index is -0.136. The van der Waals surface area contributed by atoms with Gasteiger partial charge in [0, 0.05) is 29.9 Å². The maximum atomic E-state index is 12.8. The number of nitrogens with one attached hydrogen (secondary N) is 1. The van der Waals surface area contributed by atoms with Gasteiger partial charge in [0.25, 0.3) is 0 Å². The van der Waals surface area contributed by atoms with E-state index >= 15 is 0 Å². The number of ether oxygens (including phenoxy) is 2. The highest BCUT2D eigenvalue weighted by Gasteiger charge is 2.16. The van der Waals surface area contributed by atoms with E-state index in [1.165, 1.54) is 0 Å². The molecule has 174 valence electrons. The minimum absolute atomic E-state index is 0.136. The van der Waals surface area contributed by atoms with E-state index in [4.69, 9.17) is 14.6 Å². The summed E-state index contributed by atoms with van der Waals surface area (Å²) >= 11 is 0. The zero-order valence-corrected chi connectivity index (χ0v) is 19.6. The predicted octanol–water partition coefficient (Wildman–Crippen LogP) is 4.63. The van der Waals surface area contributed by atoms with Crippen LogP contribution < -0.4 is 14.8 Å². The molecule has 0 unspecified atom stereocenters. The van der Waals surface area contributed by atoms with Crippen LogP contribution in [0.3, 0.4) is 0 Å². The highest BCUT2D eigenvalue weighted by molar-refractivity contribution is 5.93. The van der Waals surface area contributed by atoms with Gasteiger partial charge in [0.15, 0.2) is 0 Å². The molecule has 1 N–H and O–H groups in total. The molecule has 0 aliphatic carbocycles. The summed E-state index contributed by atoms with van der Waals surface area (Å²) in [6.07, 6.45) is 2.03. The number of methoxy groups -OCH3 is 2. The summed E-state index contributed by atoms with van der Waals surface area (Å²) in [5.74, 6) is 1.07. The van der Waals surface area contributed by atoms with Gasteiger partial charge in [-0.05, 0) is 31.3 Å². The van der Waals surface area contributed by atoms with Gasteiger partial charge in [0.2, 0.25) is 5.91 Å². The third kappa shape index (κ3) is 5.44. The molecule has 0 fully saturated rings. The van der Waals surface area contributed by atoms with Crippen molar-refractivity contribution in [1.29, 1.82) is 0 Å². The summed E-state index contributed by atoms with van der Waals surface area (Å²) < 4.78 is 12.5. The molecule has 0 aliphatic rings. The van der Waals surface area contributed by atoms with Crippen molar-refractivity contribution in [2.24, 2.45) is 0 Å². The number of para-hydroxylation sites is 1. The molecule has 0 bridgehead atoms. The van der Waals surface area contributed by atoms with Crippen molar-refractivity contribution in [3.8, 4) is 28.4 Å². The molecule has 1 aromatic heterocycles. The second-order valence-corrected chi connectivity index (χ2v) is 7.94. The molecule has 3 aromatic carbocycles. The fraction of sp³-hybridized carbons (Fsp3) is 0.185. The summed E-state index contributed by atoms with van der Waals surface area (Å²) in [5.41, 5.74) is 4.55. The normalized spacial score (nSPS) is 10.8. The molecule has 0 atom stereocenters. The predicted molar refractivity (Wildman–Crippen MR) is 134 cm³/mol. The molecular weight excluding hydrogens is 428 g/mol. The minimum Gasteiger partial charge on any atom is -0.497 e. The lowest BCUT2D eigenvalue weighted by Gasteiger charge is -2.17. The lowest BCUT2D eigenvalue weighted by atomic mass is 10.1. The van der Waals surface area contributed by atoms with E-state index in [9.17, 15) is 4.79 Å². The maximum absolute atomic E-state index is 12.8. The number of anilines is 1. The molecule has 0 saturated heterocycles. The Kier molecular flexibility index (Phi) is 7.25. The zero-order valence-electron chi connectivity index (χ0n) is 19.6. The van der Waals surface area contributed by atoms with Gasteiger partial charge >= 0.3 is 0 Å². The van der Waals surface area contributed by atoms with Gasteiger partial charge in [-0.25, -0.2) is 4.68 Å². The molecule has 1 heterocycles. The van der Waals surface area contributed by atoms with Gasteiger partial charge < -0.3 is 14.8 Å². The number of carbonyl (C=O) groups is 1. The molecule has 1 amide bonds. The molecule has 0 saturated carbocycles. The van der Waals surface area contributed by atoms with Crippen LogP contribution in [-0.4, -0.2) is 48.4 Å². The van der Waals surface area contributed by atoms with Crippen molar-refractivity contribution in [2.75, 3.05) is 33.1 Å². The molecule has 0 spiro atoms. The SMILES string of the molecule is COc1ccc(NC(=O)CN(C)Cc2cn(-c3ccccc3)nc2-c2ccccc2)c(OC)c1. The van der Waals surface area contributed by atoms with Gasteiger partial charge in [-0.1, -0.05) is 48.5 Å². The van der Waals surface area contributed by atoms with E-state index in [1.54, 1.807) is 32.4 Å². The highest BCUT2D eigenvalue weighted by Crippen LogP contribution is 2.29. The number of amides is 1.